The molecule has 1 aromatic heterocycles. The molecule has 6 nitrogen and oxygen atoms in total. The zero-order valence-corrected chi connectivity index (χ0v) is 19.3. The topological polar surface area (TPSA) is 76.6 Å². The van der Waals surface area contributed by atoms with Gasteiger partial charge in [-0.15, -0.1) is 13.2 Å². The first-order chi connectivity index (χ1) is 14.8. The van der Waals surface area contributed by atoms with Gasteiger partial charge in [0, 0.05) is 0 Å². The van der Waals surface area contributed by atoms with Crippen LogP contribution in [-0.2, 0) is 0 Å². The van der Waals surface area contributed by atoms with E-state index in [1.807, 2.05) is 6.08 Å². The summed E-state index contributed by atoms with van der Waals surface area (Å²) in [6, 6.07) is 5.69. The number of allylic oxidation sites excluding steroid dienone is 1. The molecule has 0 aliphatic carbocycles. The summed E-state index contributed by atoms with van der Waals surface area (Å²) in [6.45, 7) is 2.76. The molecule has 1 saturated heterocycles. The minimum atomic E-state index is -4.69. The van der Waals surface area contributed by atoms with Crippen LogP contribution in [0, 0.1) is 0 Å². The Balaban J connectivity index is 1.31. The number of hydrogen-bond acceptors (Lipinski definition) is 7. The van der Waals surface area contributed by atoms with Crippen molar-refractivity contribution in [1.82, 2.24) is 9.97 Å². The minimum absolute atomic E-state index is 0.127. The standard InChI is InChI=1S/C20H20F3IN5OS/c21-20(22,23)30-14-1-3-15(4-2-14)31-18-12-26-17(11-27-18)29-9-6-19(7-10-29)13-28-16(24-19)5-8-25/h1-5,8,11-12H,6-7,9-10,13,25H2/q-1/b8-5-. The Morgan fingerprint density at radius 2 is 1.87 bits per heavy atom. The Morgan fingerprint density at radius 3 is 2.48 bits per heavy atom. The third kappa shape index (κ3) is 5.82. The number of piperidine rings is 1. The van der Waals surface area contributed by atoms with Crippen LogP contribution in [0.2, 0.25) is 0 Å². The van der Waals surface area contributed by atoms with Gasteiger partial charge in [0.1, 0.15) is 5.75 Å². The molecular formula is C20H20F3IN5OS-. The van der Waals surface area contributed by atoms with Crippen LogP contribution in [0.3, 0.4) is 0 Å². The fourth-order valence-electron chi connectivity index (χ4n) is 3.39. The first-order valence-electron chi connectivity index (χ1n) is 9.54. The number of aromatic nitrogens is 2. The molecule has 0 unspecified atom stereocenters. The molecule has 11 heteroatoms. The van der Waals surface area contributed by atoms with E-state index in [1.165, 1.54) is 27.6 Å². The molecular weight excluding hydrogens is 542 g/mol. The van der Waals surface area contributed by atoms with E-state index in [9.17, 15) is 13.2 Å². The Kier molecular flexibility index (Phi) is 6.60. The van der Waals surface area contributed by atoms with E-state index in [-0.39, 0.29) is 27.0 Å². The van der Waals surface area contributed by atoms with Gasteiger partial charge in [-0.25, -0.2) is 0 Å². The predicted molar refractivity (Wildman–Crippen MR) is 109 cm³/mol. The Hall–Kier alpha value is -2.02. The van der Waals surface area contributed by atoms with Crippen molar-refractivity contribution in [2.45, 2.75) is 32.5 Å². The second-order valence-electron chi connectivity index (χ2n) is 7.06. The molecule has 3 heterocycles. The molecule has 2 aliphatic rings. The Morgan fingerprint density at radius 1 is 1.13 bits per heavy atom. The summed E-state index contributed by atoms with van der Waals surface area (Å²) in [7, 11) is 0. The van der Waals surface area contributed by atoms with Gasteiger partial charge < -0.3 is 4.74 Å². The van der Waals surface area contributed by atoms with Gasteiger partial charge in [0.15, 0.2) is 0 Å². The van der Waals surface area contributed by atoms with Gasteiger partial charge in [0.2, 0.25) is 0 Å². The van der Waals surface area contributed by atoms with Gasteiger partial charge >= 0.3 is 169 Å². The summed E-state index contributed by atoms with van der Waals surface area (Å²) in [4.78, 5) is 16.7. The molecule has 0 saturated carbocycles. The van der Waals surface area contributed by atoms with Gasteiger partial charge in [-0.3, -0.25) is 0 Å². The van der Waals surface area contributed by atoms with E-state index in [2.05, 4.69) is 24.6 Å². The first kappa shape index (κ1) is 22.2. The van der Waals surface area contributed by atoms with Gasteiger partial charge in [-0.2, -0.15) is 0 Å². The third-order valence-corrected chi connectivity index (χ3v) is 9.67. The summed E-state index contributed by atoms with van der Waals surface area (Å²) >= 11 is 1.21. The molecule has 4 rings (SSSR count). The van der Waals surface area contributed by atoms with Crippen LogP contribution in [0.5, 0.6) is 5.75 Å². The van der Waals surface area contributed by atoms with E-state index in [0.29, 0.717) is 8.45 Å². The number of alkyl halides is 4. The van der Waals surface area contributed by atoms with Crippen LogP contribution in [0.25, 0.3) is 0 Å². The summed E-state index contributed by atoms with van der Waals surface area (Å²) in [5, 5.41) is 0.676. The molecule has 0 radical (unpaired) electrons. The third-order valence-electron chi connectivity index (χ3n) is 4.92. The number of hydrogen-bond donors (Lipinski definition) is 1. The summed E-state index contributed by atoms with van der Waals surface area (Å²) < 4.78 is 42.2. The fraction of sp³-hybridized carbons (Fsp3) is 0.350. The van der Waals surface area contributed by atoms with Crippen LogP contribution in [0.1, 0.15) is 12.8 Å². The van der Waals surface area contributed by atoms with Gasteiger partial charge in [-0.1, -0.05) is 0 Å². The van der Waals surface area contributed by atoms with E-state index < -0.39 is 6.36 Å². The summed E-state index contributed by atoms with van der Waals surface area (Å²) in [5.74, 6) is 0.592. The number of rotatable bonds is 5. The van der Waals surface area contributed by atoms with E-state index >= 15 is 0 Å². The molecule has 2 aromatic rings. The SMILES string of the molecule is N/C=C\C1=NCC2(CCN(c3cnc(Sc4ccc(OC(F)(F)F)cc4)cn3)CC2)[I-]1. The van der Waals surface area contributed by atoms with Crippen LogP contribution in [0.15, 0.2) is 63.8 Å². The molecule has 1 spiro atoms. The normalized spacial score (nSPS) is 18.8. The van der Waals surface area contributed by atoms with Crippen LogP contribution in [0.4, 0.5) is 19.0 Å². The van der Waals surface area contributed by atoms with Crippen LogP contribution in [-0.4, -0.2) is 43.1 Å². The quantitative estimate of drug-likeness (QED) is 0.430. The number of anilines is 1. The van der Waals surface area contributed by atoms with Crippen molar-refractivity contribution in [2.75, 3.05) is 24.5 Å². The monoisotopic (exact) mass is 562 g/mol. The molecule has 0 amide bonds. The van der Waals surface area contributed by atoms with Gasteiger partial charge in [0.25, 0.3) is 0 Å². The zero-order chi connectivity index (χ0) is 21.9. The number of nitrogens with two attached hydrogens (primary N) is 1. The van der Waals surface area contributed by atoms with Crippen molar-refractivity contribution in [1.29, 1.82) is 0 Å². The van der Waals surface area contributed by atoms with Crippen LogP contribution >= 0.6 is 11.8 Å². The second kappa shape index (κ2) is 9.23. The molecule has 166 valence electrons. The van der Waals surface area contributed by atoms with E-state index in [0.717, 1.165) is 43.2 Å². The Labute approximate surface area is 192 Å². The van der Waals surface area contributed by atoms with Crippen molar-refractivity contribution in [2.24, 2.45) is 10.7 Å². The number of ether oxygens (including phenoxy) is 1. The van der Waals surface area contributed by atoms with Crippen molar-refractivity contribution < 1.29 is 39.1 Å². The second-order valence-corrected chi connectivity index (χ2v) is 12.1. The van der Waals surface area contributed by atoms with Gasteiger partial charge in [0.05, 0.1) is 0 Å². The van der Waals surface area contributed by atoms with Crippen molar-refractivity contribution >= 4 is 21.3 Å². The number of aliphatic imine (C=N–C) groups is 1. The maximum absolute atomic E-state index is 12.3. The molecule has 0 bridgehead atoms. The maximum atomic E-state index is 12.3. The van der Waals surface area contributed by atoms with Crippen LogP contribution < -0.4 is 36.6 Å². The average molecular weight is 562 g/mol. The number of halogens is 4. The molecule has 1 fully saturated rings. The number of benzene rings is 1. The van der Waals surface area contributed by atoms with E-state index in [1.54, 1.807) is 30.7 Å². The first-order valence-corrected chi connectivity index (χ1v) is 12.5. The Bertz CT molecular complexity index is 958. The predicted octanol–water partition coefficient (Wildman–Crippen LogP) is 0.839. The summed E-state index contributed by atoms with van der Waals surface area (Å²) in [5.41, 5.74) is 5.50. The molecule has 2 aliphatic heterocycles. The molecule has 2 N–H and O–H groups in total. The molecule has 31 heavy (non-hydrogen) atoms. The molecule has 1 aromatic carbocycles. The van der Waals surface area contributed by atoms with Crippen molar-refractivity contribution in [3.8, 4) is 5.75 Å². The number of nitrogens with zero attached hydrogens (tertiary/aromatic N) is 4. The summed E-state index contributed by atoms with van der Waals surface area (Å²) in [6.07, 6.45) is 4.46. The molecule has 0 atom stereocenters. The van der Waals surface area contributed by atoms with E-state index in [4.69, 9.17) is 5.73 Å². The zero-order valence-electron chi connectivity index (χ0n) is 16.3. The van der Waals surface area contributed by atoms with Crippen molar-refractivity contribution in [3.05, 3.63) is 48.9 Å². The van der Waals surface area contributed by atoms with Gasteiger partial charge in [-0.05, 0) is 0 Å². The fourth-order valence-corrected chi connectivity index (χ4v) is 7.38. The average Bonchev–Trinajstić information content (AvgIpc) is 3.12. The van der Waals surface area contributed by atoms with Crippen molar-refractivity contribution in [3.63, 3.8) is 0 Å².